The number of rotatable bonds is 1. The van der Waals surface area contributed by atoms with Crippen LogP contribution in [0.4, 0.5) is 0 Å². The number of hydrogen-bond donors (Lipinski definition) is 0. The molecule has 0 atom stereocenters. The summed E-state index contributed by atoms with van der Waals surface area (Å²) in [6.45, 7) is 9.96. The van der Waals surface area contributed by atoms with Gasteiger partial charge in [0.05, 0.1) is 16.4 Å². The van der Waals surface area contributed by atoms with Gasteiger partial charge in [-0.05, 0) is 12.8 Å². The molecule has 0 saturated carbocycles. The molecule has 1 heterocycles. The molecule has 12 heavy (non-hydrogen) atoms. The molecule has 0 bridgehead atoms. The molecule has 0 spiro atoms. The van der Waals surface area contributed by atoms with E-state index in [0.29, 0.717) is 5.92 Å². The summed E-state index contributed by atoms with van der Waals surface area (Å²) in [4.78, 5) is 8.58. The van der Waals surface area contributed by atoms with E-state index in [4.69, 9.17) is 0 Å². The topological polar surface area (TPSA) is 25.8 Å². The summed E-state index contributed by atoms with van der Waals surface area (Å²) in [5, 5.41) is 1.64. The van der Waals surface area contributed by atoms with Crippen LogP contribution in [-0.2, 0) is 0 Å². The summed E-state index contributed by atoms with van der Waals surface area (Å²) in [6, 6.07) is 0. The maximum Gasteiger partial charge on any atom is 0.0838 e. The van der Waals surface area contributed by atoms with Gasteiger partial charge >= 0.3 is 0 Å². The highest BCUT2D eigenvalue weighted by atomic mass is 14.8. The molecule has 1 aromatic heterocycles. The Morgan fingerprint density at radius 2 is 2.17 bits per heavy atom. The maximum absolute atomic E-state index is 4.34. The second-order valence-electron chi connectivity index (χ2n) is 3.07. The van der Waals surface area contributed by atoms with Crippen molar-refractivity contribution in [2.75, 3.05) is 0 Å². The van der Waals surface area contributed by atoms with Crippen LogP contribution in [0.3, 0.4) is 0 Å². The summed E-state index contributed by atoms with van der Waals surface area (Å²) in [5.41, 5.74) is 1.01. The van der Waals surface area contributed by atoms with Crippen LogP contribution in [0.2, 0.25) is 0 Å². The summed E-state index contributed by atoms with van der Waals surface area (Å²) in [6.07, 6.45) is 3.73. The lowest BCUT2D eigenvalue weighted by molar-refractivity contribution is 0.800. The lowest BCUT2D eigenvalue weighted by Crippen LogP contribution is -2.30. The van der Waals surface area contributed by atoms with Crippen LogP contribution in [0.5, 0.6) is 0 Å². The van der Waals surface area contributed by atoms with Crippen molar-refractivity contribution in [3.63, 3.8) is 0 Å². The minimum Gasteiger partial charge on any atom is -0.253 e. The molecule has 0 unspecified atom stereocenters. The van der Waals surface area contributed by atoms with Gasteiger partial charge in [-0.1, -0.05) is 26.5 Å². The van der Waals surface area contributed by atoms with Crippen LogP contribution in [0.25, 0.3) is 12.7 Å². The Balaban J connectivity index is 3.30. The third-order valence-electron chi connectivity index (χ3n) is 1.76. The molecule has 64 valence electrons. The van der Waals surface area contributed by atoms with Crippen LogP contribution in [0.15, 0.2) is 6.20 Å². The van der Waals surface area contributed by atoms with Gasteiger partial charge < -0.3 is 0 Å². The van der Waals surface area contributed by atoms with E-state index in [0.717, 1.165) is 16.4 Å². The van der Waals surface area contributed by atoms with Gasteiger partial charge in [0.2, 0.25) is 0 Å². The molecule has 0 aromatic carbocycles. The van der Waals surface area contributed by atoms with Crippen molar-refractivity contribution in [3.05, 3.63) is 22.6 Å². The second-order valence-corrected chi connectivity index (χ2v) is 3.07. The van der Waals surface area contributed by atoms with Crippen LogP contribution in [0.1, 0.15) is 32.4 Å². The smallest absolute Gasteiger partial charge is 0.0838 e. The molecule has 2 heteroatoms. The monoisotopic (exact) mass is 162 g/mol. The molecule has 0 aliphatic rings. The number of aromatic nitrogens is 2. The van der Waals surface area contributed by atoms with Gasteiger partial charge in [-0.3, -0.25) is 4.98 Å². The van der Waals surface area contributed by atoms with Gasteiger partial charge in [0.1, 0.15) is 0 Å². The zero-order valence-corrected chi connectivity index (χ0v) is 7.83. The molecule has 1 rings (SSSR count). The molecule has 0 radical (unpaired) electrons. The average molecular weight is 162 g/mol. The SMILES string of the molecule is C=c1nc(C(C)C)cn/c1=C/C. The van der Waals surface area contributed by atoms with E-state index in [1.165, 1.54) is 0 Å². The third kappa shape index (κ3) is 1.70. The summed E-state index contributed by atoms with van der Waals surface area (Å²) >= 11 is 0. The van der Waals surface area contributed by atoms with Crippen molar-refractivity contribution in [2.45, 2.75) is 26.7 Å². The lowest BCUT2D eigenvalue weighted by Gasteiger charge is -2.01. The van der Waals surface area contributed by atoms with Gasteiger partial charge in [0.25, 0.3) is 0 Å². The van der Waals surface area contributed by atoms with Crippen molar-refractivity contribution in [2.24, 2.45) is 0 Å². The van der Waals surface area contributed by atoms with E-state index in [1.54, 1.807) is 0 Å². The highest BCUT2D eigenvalue weighted by Gasteiger charge is 1.99. The van der Waals surface area contributed by atoms with E-state index in [1.807, 2.05) is 19.2 Å². The van der Waals surface area contributed by atoms with Crippen LogP contribution >= 0.6 is 0 Å². The first-order chi connectivity index (χ1) is 5.65. The van der Waals surface area contributed by atoms with Crippen LogP contribution in [-0.4, -0.2) is 9.97 Å². The molecular formula is C10H14N2. The van der Waals surface area contributed by atoms with Crippen LogP contribution in [0, 0.1) is 0 Å². The average Bonchev–Trinajstić information content (AvgIpc) is 2.04. The quantitative estimate of drug-likeness (QED) is 0.610. The summed E-state index contributed by atoms with van der Waals surface area (Å²) in [5.74, 6) is 0.420. The highest BCUT2D eigenvalue weighted by molar-refractivity contribution is 5.17. The van der Waals surface area contributed by atoms with Crippen molar-refractivity contribution in [3.8, 4) is 0 Å². The van der Waals surface area contributed by atoms with E-state index in [9.17, 15) is 0 Å². The summed E-state index contributed by atoms with van der Waals surface area (Å²) in [7, 11) is 0. The highest BCUT2D eigenvalue weighted by Crippen LogP contribution is 2.05. The fraction of sp³-hybridized carbons (Fsp3) is 0.400. The van der Waals surface area contributed by atoms with Crippen molar-refractivity contribution >= 4 is 12.7 Å². The third-order valence-corrected chi connectivity index (χ3v) is 1.76. The van der Waals surface area contributed by atoms with Crippen molar-refractivity contribution in [1.82, 2.24) is 9.97 Å². The number of nitrogens with zero attached hydrogens (tertiary/aromatic N) is 2. The molecule has 2 nitrogen and oxygen atoms in total. The van der Waals surface area contributed by atoms with Crippen LogP contribution < -0.4 is 10.7 Å². The van der Waals surface area contributed by atoms with E-state index >= 15 is 0 Å². The fourth-order valence-electron chi connectivity index (χ4n) is 0.971. The molecule has 1 aromatic rings. The molecule has 0 N–H and O–H groups in total. The molecule has 0 aliphatic carbocycles. The zero-order chi connectivity index (χ0) is 9.14. The normalized spacial score (nSPS) is 12.5. The second kappa shape index (κ2) is 3.48. The predicted octanol–water partition coefficient (Wildman–Crippen LogP) is 0.811. The van der Waals surface area contributed by atoms with Gasteiger partial charge in [0.15, 0.2) is 0 Å². The predicted molar refractivity (Wildman–Crippen MR) is 51.0 cm³/mol. The maximum atomic E-state index is 4.34. The zero-order valence-electron chi connectivity index (χ0n) is 7.83. The summed E-state index contributed by atoms with van der Waals surface area (Å²) < 4.78 is 0. The molecule has 0 aliphatic heterocycles. The van der Waals surface area contributed by atoms with Crippen molar-refractivity contribution < 1.29 is 0 Å². The largest absolute Gasteiger partial charge is 0.253 e. The Kier molecular flexibility index (Phi) is 2.58. The van der Waals surface area contributed by atoms with Gasteiger partial charge in [-0.2, -0.15) is 0 Å². The van der Waals surface area contributed by atoms with Gasteiger partial charge in [-0.15, -0.1) is 0 Å². The first-order valence-corrected chi connectivity index (χ1v) is 4.13. The minimum atomic E-state index is 0.420. The molecular weight excluding hydrogens is 148 g/mol. The molecule has 0 fully saturated rings. The standard InChI is InChI=1S/C10H14N2/c1-5-9-8(4)12-10(6-11-9)7(2)3/h5-7H,4H2,1-3H3/b9-5+. The van der Waals surface area contributed by atoms with E-state index < -0.39 is 0 Å². The minimum absolute atomic E-state index is 0.420. The van der Waals surface area contributed by atoms with Gasteiger partial charge in [0, 0.05) is 6.20 Å². The van der Waals surface area contributed by atoms with Crippen molar-refractivity contribution in [1.29, 1.82) is 0 Å². The van der Waals surface area contributed by atoms with Gasteiger partial charge in [-0.25, -0.2) is 4.98 Å². The Bertz CT molecular complexity index is 366. The molecule has 0 amide bonds. The number of hydrogen-bond acceptors (Lipinski definition) is 2. The Labute approximate surface area is 72.7 Å². The lowest BCUT2D eigenvalue weighted by atomic mass is 10.1. The Morgan fingerprint density at radius 1 is 1.50 bits per heavy atom. The first kappa shape index (κ1) is 8.91. The van der Waals surface area contributed by atoms with E-state index in [2.05, 4.69) is 30.4 Å². The fourth-order valence-corrected chi connectivity index (χ4v) is 0.971. The molecule has 0 saturated heterocycles. The van der Waals surface area contributed by atoms with E-state index in [-0.39, 0.29) is 0 Å². The Hall–Kier alpha value is -1.18. The first-order valence-electron chi connectivity index (χ1n) is 4.13. The Morgan fingerprint density at radius 3 is 2.58 bits per heavy atom.